The predicted molar refractivity (Wildman–Crippen MR) is 68.2 cm³/mol. The maximum Gasteiger partial charge on any atom is 0.0783 e. The largest absolute Gasteiger partial charge is 0.391 e. The van der Waals surface area contributed by atoms with Gasteiger partial charge in [0.2, 0.25) is 0 Å². The Morgan fingerprint density at radius 2 is 2.12 bits per heavy atom. The van der Waals surface area contributed by atoms with Gasteiger partial charge in [-0.1, -0.05) is 11.6 Å². The van der Waals surface area contributed by atoms with Gasteiger partial charge in [0.25, 0.3) is 0 Å². The summed E-state index contributed by atoms with van der Waals surface area (Å²) in [6.07, 6.45) is 0.567. The Balaban J connectivity index is 2.38. The number of hydrogen-bond donors (Lipinski definition) is 1. The lowest BCUT2D eigenvalue weighted by molar-refractivity contribution is 0.127. The van der Waals surface area contributed by atoms with Crippen LogP contribution >= 0.6 is 11.6 Å². The molecule has 0 amide bonds. The number of aliphatic hydroxyl groups excluding tert-OH is 1. The SMILES string of the molecule is Cc1cc(Cl)ccc1N1CCC(O)C1(C)C. The van der Waals surface area contributed by atoms with Crippen LogP contribution < -0.4 is 4.90 Å². The summed E-state index contributed by atoms with van der Waals surface area (Å²) in [4.78, 5) is 2.27. The lowest BCUT2D eigenvalue weighted by Gasteiger charge is -2.36. The number of anilines is 1. The summed E-state index contributed by atoms with van der Waals surface area (Å²) < 4.78 is 0. The van der Waals surface area contributed by atoms with E-state index in [4.69, 9.17) is 11.6 Å². The first-order valence-corrected chi connectivity index (χ1v) is 6.02. The fourth-order valence-corrected chi connectivity index (χ4v) is 2.65. The number of benzene rings is 1. The topological polar surface area (TPSA) is 23.5 Å². The van der Waals surface area contributed by atoms with Gasteiger partial charge in [-0.3, -0.25) is 0 Å². The third-order valence-electron chi connectivity index (χ3n) is 3.59. The minimum atomic E-state index is -0.262. The van der Waals surface area contributed by atoms with E-state index in [2.05, 4.69) is 25.7 Å². The van der Waals surface area contributed by atoms with E-state index in [0.29, 0.717) is 0 Å². The second kappa shape index (κ2) is 3.94. The number of aryl methyl sites for hydroxylation is 1. The first-order valence-electron chi connectivity index (χ1n) is 5.65. The summed E-state index contributed by atoms with van der Waals surface area (Å²) in [7, 11) is 0. The minimum absolute atomic E-state index is 0.196. The van der Waals surface area contributed by atoms with Crippen LogP contribution in [-0.4, -0.2) is 23.3 Å². The molecule has 1 unspecified atom stereocenters. The summed E-state index contributed by atoms with van der Waals surface area (Å²) in [6, 6.07) is 5.92. The molecule has 88 valence electrons. The Hall–Kier alpha value is -0.730. The zero-order valence-corrected chi connectivity index (χ0v) is 10.8. The second-order valence-electron chi connectivity index (χ2n) is 5.04. The van der Waals surface area contributed by atoms with Crippen molar-refractivity contribution in [3.05, 3.63) is 28.8 Å². The lowest BCUT2D eigenvalue weighted by Crippen LogP contribution is -2.45. The number of halogens is 1. The standard InChI is InChI=1S/C13H18ClNO/c1-9-8-10(14)4-5-11(9)15-7-6-12(16)13(15,2)3/h4-5,8,12,16H,6-7H2,1-3H3. The van der Waals surface area contributed by atoms with Crippen LogP contribution in [0, 0.1) is 6.92 Å². The number of hydrogen-bond acceptors (Lipinski definition) is 2. The van der Waals surface area contributed by atoms with Gasteiger partial charge in [0.1, 0.15) is 0 Å². The Labute approximate surface area is 102 Å². The molecule has 1 aliphatic rings. The van der Waals surface area contributed by atoms with E-state index in [-0.39, 0.29) is 11.6 Å². The van der Waals surface area contributed by atoms with Crippen LogP contribution in [0.25, 0.3) is 0 Å². The maximum absolute atomic E-state index is 9.97. The molecule has 1 heterocycles. The van der Waals surface area contributed by atoms with Gasteiger partial charge in [0.05, 0.1) is 11.6 Å². The van der Waals surface area contributed by atoms with Crippen molar-refractivity contribution in [1.82, 2.24) is 0 Å². The molecule has 16 heavy (non-hydrogen) atoms. The van der Waals surface area contributed by atoms with Crippen LogP contribution in [0.1, 0.15) is 25.8 Å². The highest BCUT2D eigenvalue weighted by atomic mass is 35.5. The van der Waals surface area contributed by atoms with Crippen molar-refractivity contribution in [3.8, 4) is 0 Å². The molecule has 0 spiro atoms. The van der Waals surface area contributed by atoms with Crippen molar-refractivity contribution in [1.29, 1.82) is 0 Å². The summed E-state index contributed by atoms with van der Waals surface area (Å²) in [6.45, 7) is 7.12. The molecule has 0 aliphatic carbocycles. The first kappa shape index (κ1) is 11.7. The second-order valence-corrected chi connectivity index (χ2v) is 5.48. The molecule has 0 saturated carbocycles. The average molecular weight is 240 g/mol. The summed E-state index contributed by atoms with van der Waals surface area (Å²) in [5, 5.41) is 10.7. The quantitative estimate of drug-likeness (QED) is 0.815. The van der Waals surface area contributed by atoms with E-state index >= 15 is 0 Å². The monoisotopic (exact) mass is 239 g/mol. The fourth-order valence-electron chi connectivity index (χ4n) is 2.43. The maximum atomic E-state index is 9.97. The van der Waals surface area contributed by atoms with E-state index in [9.17, 15) is 5.11 Å². The molecule has 1 saturated heterocycles. The Morgan fingerprint density at radius 3 is 2.62 bits per heavy atom. The van der Waals surface area contributed by atoms with Gasteiger partial charge in [0.15, 0.2) is 0 Å². The zero-order valence-electron chi connectivity index (χ0n) is 10.00. The molecule has 1 aromatic carbocycles. The van der Waals surface area contributed by atoms with Gasteiger partial charge in [-0.05, 0) is 51.0 Å². The summed E-state index contributed by atoms with van der Waals surface area (Å²) >= 11 is 5.96. The molecule has 1 atom stereocenters. The van der Waals surface area contributed by atoms with Crippen LogP contribution in [0.15, 0.2) is 18.2 Å². The Bertz CT molecular complexity index is 403. The molecule has 2 nitrogen and oxygen atoms in total. The predicted octanol–water partition coefficient (Wildman–Crippen LogP) is 3.00. The number of aliphatic hydroxyl groups is 1. The highest BCUT2D eigenvalue weighted by Gasteiger charge is 2.40. The molecule has 0 aromatic heterocycles. The van der Waals surface area contributed by atoms with E-state index in [1.165, 1.54) is 5.69 Å². The number of rotatable bonds is 1. The van der Waals surface area contributed by atoms with Gasteiger partial charge in [-0.15, -0.1) is 0 Å². The molecular weight excluding hydrogens is 222 g/mol. The van der Waals surface area contributed by atoms with Gasteiger partial charge in [0, 0.05) is 17.3 Å². The van der Waals surface area contributed by atoms with Crippen molar-refractivity contribution in [2.75, 3.05) is 11.4 Å². The smallest absolute Gasteiger partial charge is 0.0783 e. The van der Waals surface area contributed by atoms with E-state index in [1.807, 2.05) is 18.2 Å². The molecule has 2 rings (SSSR count). The third kappa shape index (κ3) is 1.80. The highest BCUT2D eigenvalue weighted by molar-refractivity contribution is 6.30. The first-order chi connectivity index (χ1) is 7.43. The van der Waals surface area contributed by atoms with Gasteiger partial charge >= 0.3 is 0 Å². The highest BCUT2D eigenvalue weighted by Crippen LogP contribution is 2.36. The van der Waals surface area contributed by atoms with Crippen molar-refractivity contribution in [2.45, 2.75) is 38.8 Å². The molecule has 1 fully saturated rings. The van der Waals surface area contributed by atoms with Crippen LogP contribution in [0.2, 0.25) is 5.02 Å². The third-order valence-corrected chi connectivity index (χ3v) is 3.82. The molecule has 1 aliphatic heterocycles. The molecule has 1 N–H and O–H groups in total. The summed E-state index contributed by atoms with van der Waals surface area (Å²) in [5.74, 6) is 0. The van der Waals surface area contributed by atoms with Crippen molar-refractivity contribution >= 4 is 17.3 Å². The number of nitrogens with zero attached hydrogens (tertiary/aromatic N) is 1. The van der Waals surface area contributed by atoms with Gasteiger partial charge in [-0.2, -0.15) is 0 Å². The van der Waals surface area contributed by atoms with Crippen LogP contribution in [0.3, 0.4) is 0 Å². The minimum Gasteiger partial charge on any atom is -0.391 e. The van der Waals surface area contributed by atoms with Crippen LogP contribution in [0.5, 0.6) is 0 Å². The van der Waals surface area contributed by atoms with E-state index in [0.717, 1.165) is 23.6 Å². The van der Waals surface area contributed by atoms with Crippen molar-refractivity contribution < 1.29 is 5.11 Å². The molecule has 0 radical (unpaired) electrons. The van der Waals surface area contributed by atoms with E-state index < -0.39 is 0 Å². The molecule has 1 aromatic rings. The normalized spacial score (nSPS) is 23.8. The van der Waals surface area contributed by atoms with Gasteiger partial charge in [-0.25, -0.2) is 0 Å². The average Bonchev–Trinajstić information content (AvgIpc) is 2.44. The molecule has 3 heteroatoms. The van der Waals surface area contributed by atoms with Crippen LogP contribution in [-0.2, 0) is 0 Å². The molecular formula is C13H18ClNO. The van der Waals surface area contributed by atoms with Crippen molar-refractivity contribution in [2.24, 2.45) is 0 Å². The van der Waals surface area contributed by atoms with E-state index in [1.54, 1.807) is 0 Å². The Kier molecular flexibility index (Phi) is 2.89. The van der Waals surface area contributed by atoms with Gasteiger partial charge < -0.3 is 10.0 Å². The summed E-state index contributed by atoms with van der Waals surface area (Å²) in [5.41, 5.74) is 2.14. The van der Waals surface area contributed by atoms with Crippen molar-refractivity contribution in [3.63, 3.8) is 0 Å². The Morgan fingerprint density at radius 1 is 1.44 bits per heavy atom. The lowest BCUT2D eigenvalue weighted by atomic mass is 9.97. The zero-order chi connectivity index (χ0) is 11.9. The molecule has 0 bridgehead atoms. The van der Waals surface area contributed by atoms with Crippen LogP contribution in [0.4, 0.5) is 5.69 Å². The fraction of sp³-hybridized carbons (Fsp3) is 0.538.